The number of aromatic nitrogens is 2. The average Bonchev–Trinajstić information content (AvgIpc) is 2.14. The Hall–Kier alpha value is -1.31. The molecule has 0 spiro atoms. The SMILES string of the molecule is FC(F)OCc1c[c]nc(C(F)(F)F)n1. The molecule has 0 aliphatic carbocycles. The van der Waals surface area contributed by atoms with Crippen LogP contribution in [0, 0.1) is 6.20 Å². The van der Waals surface area contributed by atoms with E-state index < -0.39 is 25.2 Å². The highest BCUT2D eigenvalue weighted by Gasteiger charge is 2.34. The minimum atomic E-state index is -4.72. The largest absolute Gasteiger partial charge is 0.451 e. The number of hydrogen-bond donors (Lipinski definition) is 0. The summed E-state index contributed by atoms with van der Waals surface area (Å²) in [5.74, 6) is -1.43. The molecule has 3 nitrogen and oxygen atoms in total. The molecule has 1 radical (unpaired) electrons. The molecule has 1 aromatic heterocycles. The van der Waals surface area contributed by atoms with E-state index in [1.54, 1.807) is 0 Å². The van der Waals surface area contributed by atoms with E-state index in [1.165, 1.54) is 0 Å². The second-order valence-corrected chi connectivity index (χ2v) is 2.38. The molecule has 0 bridgehead atoms. The van der Waals surface area contributed by atoms with Gasteiger partial charge in [0.1, 0.15) is 0 Å². The van der Waals surface area contributed by atoms with E-state index in [1.807, 2.05) is 6.20 Å². The van der Waals surface area contributed by atoms with Gasteiger partial charge in [0.25, 0.3) is 0 Å². The number of nitrogens with zero attached hydrogens (tertiary/aromatic N) is 2. The molecular weight excluding hydrogens is 223 g/mol. The van der Waals surface area contributed by atoms with Gasteiger partial charge >= 0.3 is 12.8 Å². The summed E-state index contributed by atoms with van der Waals surface area (Å²) in [4.78, 5) is 5.82. The monoisotopic (exact) mass is 227 g/mol. The van der Waals surface area contributed by atoms with Crippen molar-refractivity contribution in [3.63, 3.8) is 0 Å². The predicted octanol–water partition coefficient (Wildman–Crippen LogP) is 2.03. The van der Waals surface area contributed by atoms with Crippen molar-refractivity contribution >= 4 is 0 Å². The van der Waals surface area contributed by atoms with Crippen LogP contribution in [0.15, 0.2) is 6.07 Å². The minimum Gasteiger partial charge on any atom is -0.317 e. The molecule has 0 amide bonds. The fourth-order valence-electron chi connectivity index (χ4n) is 0.710. The van der Waals surface area contributed by atoms with Crippen molar-refractivity contribution in [1.29, 1.82) is 0 Å². The van der Waals surface area contributed by atoms with Crippen molar-refractivity contribution in [1.82, 2.24) is 9.97 Å². The Morgan fingerprint density at radius 3 is 2.60 bits per heavy atom. The van der Waals surface area contributed by atoms with E-state index in [9.17, 15) is 22.0 Å². The van der Waals surface area contributed by atoms with Crippen LogP contribution in [0.3, 0.4) is 0 Å². The highest BCUT2D eigenvalue weighted by Crippen LogP contribution is 2.25. The molecule has 0 saturated heterocycles. The van der Waals surface area contributed by atoms with Crippen LogP contribution in [-0.2, 0) is 17.5 Å². The second-order valence-electron chi connectivity index (χ2n) is 2.38. The van der Waals surface area contributed by atoms with Crippen molar-refractivity contribution in [2.45, 2.75) is 19.4 Å². The minimum absolute atomic E-state index is 0.308. The second kappa shape index (κ2) is 4.47. The van der Waals surface area contributed by atoms with Gasteiger partial charge in [-0.3, -0.25) is 0 Å². The summed E-state index contributed by atoms with van der Waals surface area (Å²) in [7, 11) is 0. The Balaban J connectivity index is 2.75. The quantitative estimate of drug-likeness (QED) is 0.741. The third kappa shape index (κ3) is 3.74. The summed E-state index contributed by atoms with van der Waals surface area (Å²) in [5.41, 5.74) is -0.308. The van der Waals surface area contributed by atoms with Crippen LogP contribution in [0.4, 0.5) is 22.0 Å². The number of ether oxygens (including phenoxy) is 1. The first-order valence-electron chi connectivity index (χ1n) is 3.60. The summed E-state index contributed by atoms with van der Waals surface area (Å²) in [6.07, 6.45) is -2.82. The highest BCUT2D eigenvalue weighted by molar-refractivity contribution is 5.02. The normalized spacial score (nSPS) is 12.1. The van der Waals surface area contributed by atoms with Gasteiger partial charge in [0.15, 0.2) is 0 Å². The molecule has 15 heavy (non-hydrogen) atoms. The lowest BCUT2D eigenvalue weighted by molar-refractivity contribution is -0.147. The van der Waals surface area contributed by atoms with E-state index in [4.69, 9.17) is 0 Å². The van der Waals surface area contributed by atoms with Gasteiger partial charge < -0.3 is 4.74 Å². The summed E-state index contributed by atoms with van der Waals surface area (Å²) < 4.78 is 63.0. The Labute approximate surface area is 80.9 Å². The zero-order chi connectivity index (χ0) is 11.5. The first-order valence-corrected chi connectivity index (χ1v) is 3.60. The number of halogens is 5. The molecule has 1 rings (SSSR count). The number of alkyl halides is 5. The van der Waals surface area contributed by atoms with Crippen LogP contribution in [-0.4, -0.2) is 16.6 Å². The summed E-state index contributed by atoms with van der Waals surface area (Å²) >= 11 is 0. The third-order valence-electron chi connectivity index (χ3n) is 1.26. The Bertz CT molecular complexity index is 327. The van der Waals surface area contributed by atoms with E-state index in [2.05, 4.69) is 14.7 Å². The highest BCUT2D eigenvalue weighted by atomic mass is 19.4. The Kier molecular flexibility index (Phi) is 3.51. The van der Waals surface area contributed by atoms with Gasteiger partial charge in [0.05, 0.1) is 18.5 Å². The van der Waals surface area contributed by atoms with Gasteiger partial charge in [0, 0.05) is 0 Å². The lowest BCUT2D eigenvalue weighted by Gasteiger charge is -2.06. The smallest absolute Gasteiger partial charge is 0.317 e. The molecule has 1 heterocycles. The Morgan fingerprint density at radius 2 is 2.07 bits per heavy atom. The van der Waals surface area contributed by atoms with E-state index >= 15 is 0 Å². The molecule has 0 aliphatic rings. The summed E-state index contributed by atoms with van der Waals surface area (Å²) in [6, 6.07) is 0.942. The molecule has 83 valence electrons. The van der Waals surface area contributed by atoms with Crippen molar-refractivity contribution in [2.24, 2.45) is 0 Å². The van der Waals surface area contributed by atoms with Crippen molar-refractivity contribution < 1.29 is 26.7 Å². The standard InChI is InChI=1S/C7H4F5N2O/c8-6(9)15-3-4-1-2-13-5(14-4)7(10,11)12/h1,6H,3H2. The van der Waals surface area contributed by atoms with Gasteiger partial charge in [-0.1, -0.05) is 0 Å². The maximum absolute atomic E-state index is 12.0. The first-order chi connectivity index (χ1) is 6.89. The molecule has 0 aliphatic heterocycles. The summed E-state index contributed by atoms with van der Waals surface area (Å²) in [6.45, 7) is -3.78. The number of rotatable bonds is 3. The van der Waals surface area contributed by atoms with Crippen LogP contribution in [0.2, 0.25) is 0 Å². The van der Waals surface area contributed by atoms with E-state index in [0.29, 0.717) is 0 Å². The van der Waals surface area contributed by atoms with Crippen molar-refractivity contribution in [3.8, 4) is 0 Å². The third-order valence-corrected chi connectivity index (χ3v) is 1.26. The van der Waals surface area contributed by atoms with Crippen LogP contribution < -0.4 is 0 Å². The molecule has 8 heteroatoms. The van der Waals surface area contributed by atoms with Gasteiger partial charge in [-0.25, -0.2) is 9.97 Å². The van der Waals surface area contributed by atoms with Crippen LogP contribution in [0.5, 0.6) is 0 Å². The number of hydrogen-bond acceptors (Lipinski definition) is 3. The molecule has 0 N–H and O–H groups in total. The molecule has 0 fully saturated rings. The van der Waals surface area contributed by atoms with Crippen LogP contribution in [0.25, 0.3) is 0 Å². The first kappa shape index (κ1) is 11.8. The van der Waals surface area contributed by atoms with E-state index in [-0.39, 0.29) is 5.69 Å². The fraction of sp³-hybridized carbons (Fsp3) is 0.429. The van der Waals surface area contributed by atoms with E-state index in [0.717, 1.165) is 6.07 Å². The lowest BCUT2D eigenvalue weighted by Crippen LogP contribution is -2.13. The van der Waals surface area contributed by atoms with Crippen molar-refractivity contribution in [2.75, 3.05) is 0 Å². The average molecular weight is 227 g/mol. The van der Waals surface area contributed by atoms with Gasteiger partial charge in [-0.2, -0.15) is 22.0 Å². The van der Waals surface area contributed by atoms with Crippen LogP contribution in [0.1, 0.15) is 11.5 Å². The molecule has 0 unspecified atom stereocenters. The summed E-state index contributed by atoms with van der Waals surface area (Å²) in [5, 5.41) is 0. The Morgan fingerprint density at radius 1 is 1.40 bits per heavy atom. The van der Waals surface area contributed by atoms with Crippen molar-refractivity contribution in [3.05, 3.63) is 23.8 Å². The maximum atomic E-state index is 12.0. The predicted molar refractivity (Wildman–Crippen MR) is 36.7 cm³/mol. The molecule has 0 atom stereocenters. The molecular formula is C7H4F5N2O. The fourth-order valence-corrected chi connectivity index (χ4v) is 0.710. The zero-order valence-electron chi connectivity index (χ0n) is 7.05. The van der Waals surface area contributed by atoms with Gasteiger partial charge in [-0.15, -0.1) is 0 Å². The molecule has 0 saturated carbocycles. The lowest BCUT2D eigenvalue weighted by atomic mass is 10.4. The van der Waals surface area contributed by atoms with Gasteiger partial charge in [0.2, 0.25) is 5.82 Å². The van der Waals surface area contributed by atoms with Gasteiger partial charge in [-0.05, 0) is 6.07 Å². The topological polar surface area (TPSA) is 35.0 Å². The van der Waals surface area contributed by atoms with Crippen LogP contribution >= 0.6 is 0 Å². The zero-order valence-corrected chi connectivity index (χ0v) is 7.05. The molecule has 0 aromatic carbocycles. The molecule has 1 aromatic rings. The maximum Gasteiger partial charge on any atom is 0.451 e.